The van der Waals surface area contributed by atoms with Gasteiger partial charge in [0.1, 0.15) is 0 Å². The molecule has 0 saturated heterocycles. The van der Waals surface area contributed by atoms with E-state index in [-0.39, 0.29) is 5.97 Å². The highest BCUT2D eigenvalue weighted by Gasteiger charge is 1.89. The molecule has 5 nitrogen and oxygen atoms in total. The lowest BCUT2D eigenvalue weighted by Crippen LogP contribution is -1.99. The van der Waals surface area contributed by atoms with E-state index < -0.39 is 8.25 Å². The van der Waals surface area contributed by atoms with Crippen LogP contribution in [0.2, 0.25) is 0 Å². The van der Waals surface area contributed by atoms with Gasteiger partial charge in [-0.2, -0.15) is 0 Å². The molecule has 0 spiro atoms. The third kappa shape index (κ3) is 22.8. The van der Waals surface area contributed by atoms with Crippen molar-refractivity contribution in [1.29, 1.82) is 0 Å². The first-order chi connectivity index (χ1) is 5.54. The molecule has 0 aromatic carbocycles. The van der Waals surface area contributed by atoms with Crippen LogP contribution < -0.4 is 0 Å². The summed E-state index contributed by atoms with van der Waals surface area (Å²) in [4.78, 5) is 24.5. The van der Waals surface area contributed by atoms with E-state index >= 15 is 0 Å². The van der Waals surface area contributed by atoms with Gasteiger partial charge >= 0.3 is 14.2 Å². The van der Waals surface area contributed by atoms with E-state index in [1.165, 1.54) is 0 Å². The molecule has 72 valence electrons. The van der Waals surface area contributed by atoms with Gasteiger partial charge in [-0.3, -0.25) is 4.57 Å². The normalized spacial score (nSPS) is 8.33. The third-order valence-corrected chi connectivity index (χ3v) is 0.615. The molecule has 0 unspecified atom stereocenters. The quantitative estimate of drug-likeness (QED) is 0.389. The molecule has 0 fully saturated rings. The molecule has 0 aromatic rings. The standard InChI is InChI=1S/C6H10O2.H3O3P/c1-3-5-8-6(7)4-2;1-4(2)3/h4H,2-3,5H2,1H3;4H,(H2,1,2,3). The van der Waals surface area contributed by atoms with Crippen LogP contribution in [-0.2, 0) is 14.1 Å². The van der Waals surface area contributed by atoms with E-state index in [0.717, 1.165) is 12.5 Å². The number of hydrogen-bond donors (Lipinski definition) is 2. The Morgan fingerprint density at radius 2 is 2.08 bits per heavy atom. The van der Waals surface area contributed by atoms with Crippen LogP contribution in [0, 0.1) is 0 Å². The third-order valence-electron chi connectivity index (χ3n) is 0.615. The van der Waals surface area contributed by atoms with Crippen LogP contribution in [0.4, 0.5) is 0 Å². The number of ether oxygens (including phenoxy) is 1. The highest BCUT2D eigenvalue weighted by Crippen LogP contribution is 1.98. The van der Waals surface area contributed by atoms with Crippen molar-refractivity contribution in [1.82, 2.24) is 0 Å². The fourth-order valence-electron chi connectivity index (χ4n) is 0.262. The van der Waals surface area contributed by atoms with Gasteiger partial charge in [0.15, 0.2) is 0 Å². The lowest BCUT2D eigenvalue weighted by Gasteiger charge is -1.94. The molecular weight excluding hydrogens is 183 g/mol. The van der Waals surface area contributed by atoms with Crippen molar-refractivity contribution in [2.45, 2.75) is 13.3 Å². The zero-order valence-electron chi connectivity index (χ0n) is 6.82. The van der Waals surface area contributed by atoms with Gasteiger partial charge in [-0.05, 0) is 6.42 Å². The van der Waals surface area contributed by atoms with Crippen LogP contribution in [-0.4, -0.2) is 22.4 Å². The van der Waals surface area contributed by atoms with Crippen molar-refractivity contribution >= 4 is 14.2 Å². The SMILES string of the molecule is C=CC(=O)OCCC.O=[PH](O)O. The summed E-state index contributed by atoms with van der Waals surface area (Å²) in [6.45, 7) is 5.67. The molecule has 0 aliphatic carbocycles. The Bertz CT molecular complexity index is 152. The monoisotopic (exact) mass is 196 g/mol. The van der Waals surface area contributed by atoms with Crippen LogP contribution in [0.5, 0.6) is 0 Å². The second-order valence-corrected chi connectivity index (χ2v) is 2.22. The summed E-state index contributed by atoms with van der Waals surface area (Å²) in [5.74, 6) is -0.341. The maximum atomic E-state index is 10.2. The Labute approximate surface area is 71.6 Å². The molecular formula is C6H13O5P. The maximum Gasteiger partial charge on any atom is 0.330 e. The molecule has 0 bridgehead atoms. The first-order valence-corrected chi connectivity index (χ1v) is 4.55. The minimum atomic E-state index is -3.13. The fourth-order valence-corrected chi connectivity index (χ4v) is 0.262. The Hall–Kier alpha value is -0.640. The number of hydrogen-bond acceptors (Lipinski definition) is 3. The summed E-state index contributed by atoms with van der Waals surface area (Å²) in [6, 6.07) is 0. The molecule has 0 heterocycles. The van der Waals surface area contributed by atoms with Crippen molar-refractivity contribution < 1.29 is 23.9 Å². The van der Waals surface area contributed by atoms with Crippen molar-refractivity contribution in [2.75, 3.05) is 6.61 Å². The van der Waals surface area contributed by atoms with E-state index in [9.17, 15) is 4.79 Å². The highest BCUT2D eigenvalue weighted by atomic mass is 31.1. The average molecular weight is 196 g/mol. The van der Waals surface area contributed by atoms with Crippen LogP contribution in [0.25, 0.3) is 0 Å². The van der Waals surface area contributed by atoms with Gasteiger partial charge in [-0.15, -0.1) is 0 Å². The van der Waals surface area contributed by atoms with Crippen molar-refractivity contribution in [2.24, 2.45) is 0 Å². The molecule has 0 aromatic heterocycles. The number of carbonyl (C=O) groups is 1. The Kier molecular flexibility index (Phi) is 12.0. The fraction of sp³-hybridized carbons (Fsp3) is 0.500. The second kappa shape index (κ2) is 10.4. The largest absolute Gasteiger partial charge is 0.463 e. The van der Waals surface area contributed by atoms with Crippen LogP contribution >= 0.6 is 8.25 Å². The first kappa shape index (κ1) is 13.9. The van der Waals surface area contributed by atoms with Crippen LogP contribution in [0.15, 0.2) is 12.7 Å². The van der Waals surface area contributed by atoms with Gasteiger partial charge in [0.2, 0.25) is 0 Å². The minimum absolute atomic E-state index is 0.341. The first-order valence-electron chi connectivity index (χ1n) is 3.25. The molecule has 2 N–H and O–H groups in total. The molecule has 0 saturated carbocycles. The average Bonchev–Trinajstić information content (AvgIpc) is 1.99. The number of esters is 1. The second-order valence-electron chi connectivity index (χ2n) is 1.65. The molecule has 12 heavy (non-hydrogen) atoms. The smallest absolute Gasteiger partial charge is 0.330 e. The van der Waals surface area contributed by atoms with E-state index in [1.807, 2.05) is 6.92 Å². The van der Waals surface area contributed by atoms with E-state index in [1.54, 1.807) is 0 Å². The zero-order valence-corrected chi connectivity index (χ0v) is 7.82. The Morgan fingerprint density at radius 1 is 1.67 bits per heavy atom. The van der Waals surface area contributed by atoms with Crippen LogP contribution in [0.3, 0.4) is 0 Å². The van der Waals surface area contributed by atoms with Crippen LogP contribution in [0.1, 0.15) is 13.3 Å². The van der Waals surface area contributed by atoms with Gasteiger partial charge < -0.3 is 14.5 Å². The summed E-state index contributed by atoms with van der Waals surface area (Å²) in [5, 5.41) is 0. The van der Waals surface area contributed by atoms with Gasteiger partial charge in [0.05, 0.1) is 6.61 Å². The Balaban J connectivity index is 0. The summed E-state index contributed by atoms with van der Waals surface area (Å²) >= 11 is 0. The van der Waals surface area contributed by atoms with Gasteiger partial charge in [-0.25, -0.2) is 4.79 Å². The van der Waals surface area contributed by atoms with E-state index in [4.69, 9.17) is 14.4 Å². The van der Waals surface area contributed by atoms with Gasteiger partial charge in [0, 0.05) is 6.08 Å². The summed E-state index contributed by atoms with van der Waals surface area (Å²) in [6.07, 6.45) is 2.02. The summed E-state index contributed by atoms with van der Waals surface area (Å²) < 4.78 is 13.3. The van der Waals surface area contributed by atoms with Crippen molar-refractivity contribution in [3.05, 3.63) is 12.7 Å². The molecule has 0 amide bonds. The van der Waals surface area contributed by atoms with Gasteiger partial charge in [0.25, 0.3) is 0 Å². The summed E-state index contributed by atoms with van der Waals surface area (Å²) in [5.41, 5.74) is 0. The van der Waals surface area contributed by atoms with Crippen molar-refractivity contribution in [3.8, 4) is 0 Å². The molecule has 0 radical (unpaired) electrons. The number of carbonyl (C=O) groups excluding carboxylic acids is 1. The summed E-state index contributed by atoms with van der Waals surface area (Å²) in [7, 11) is -3.13. The topological polar surface area (TPSA) is 83.8 Å². The number of rotatable bonds is 3. The lowest BCUT2D eigenvalue weighted by molar-refractivity contribution is -0.137. The van der Waals surface area contributed by atoms with E-state index in [0.29, 0.717) is 6.61 Å². The zero-order chi connectivity index (χ0) is 9.98. The molecule has 0 rings (SSSR count). The maximum absolute atomic E-state index is 10.2. The van der Waals surface area contributed by atoms with E-state index in [2.05, 4.69) is 11.3 Å². The lowest BCUT2D eigenvalue weighted by atomic mass is 10.5. The molecule has 0 atom stereocenters. The molecule has 0 aliphatic heterocycles. The predicted octanol–water partition coefficient (Wildman–Crippen LogP) is 0.486. The van der Waals surface area contributed by atoms with Gasteiger partial charge in [-0.1, -0.05) is 13.5 Å². The molecule has 0 aliphatic rings. The highest BCUT2D eigenvalue weighted by molar-refractivity contribution is 7.30. The molecule has 6 heteroatoms. The Morgan fingerprint density at radius 3 is 2.33 bits per heavy atom. The minimum Gasteiger partial charge on any atom is -0.463 e. The predicted molar refractivity (Wildman–Crippen MR) is 44.9 cm³/mol. The van der Waals surface area contributed by atoms with Crippen molar-refractivity contribution in [3.63, 3.8) is 0 Å².